The van der Waals surface area contributed by atoms with Crippen molar-refractivity contribution in [3.8, 4) is 0 Å². The molecule has 20 heavy (non-hydrogen) atoms. The molecule has 0 radical (unpaired) electrons. The molecule has 0 bridgehead atoms. The highest BCUT2D eigenvalue weighted by atomic mass is 16.5. The number of ether oxygens (including phenoxy) is 1. The van der Waals surface area contributed by atoms with Gasteiger partial charge in [-0.1, -0.05) is 27.7 Å². The maximum Gasteiger partial charge on any atom is 0.273 e. The normalized spacial score (nSPS) is 24.5. The number of aromatic nitrogens is 1. The quantitative estimate of drug-likeness (QED) is 0.900. The van der Waals surface area contributed by atoms with Crippen LogP contribution in [0.5, 0.6) is 0 Å². The van der Waals surface area contributed by atoms with Crippen LogP contribution in [-0.2, 0) is 4.74 Å². The molecule has 1 aromatic heterocycles. The second-order valence-corrected chi connectivity index (χ2v) is 6.25. The van der Waals surface area contributed by atoms with E-state index in [-0.39, 0.29) is 29.4 Å². The highest BCUT2D eigenvalue weighted by molar-refractivity contribution is 5.93. The summed E-state index contributed by atoms with van der Waals surface area (Å²) in [5.41, 5.74) is 0.351. The summed E-state index contributed by atoms with van der Waals surface area (Å²) in [6, 6.07) is 0.114. The van der Waals surface area contributed by atoms with Gasteiger partial charge in [-0.3, -0.25) is 4.79 Å². The van der Waals surface area contributed by atoms with Gasteiger partial charge in [0.15, 0.2) is 12.1 Å². The Labute approximate surface area is 120 Å². The van der Waals surface area contributed by atoms with Crippen molar-refractivity contribution in [3.05, 3.63) is 17.8 Å². The van der Waals surface area contributed by atoms with Crippen molar-refractivity contribution in [3.63, 3.8) is 0 Å². The summed E-state index contributed by atoms with van der Waals surface area (Å²) in [5.74, 6) is 0.625. The Morgan fingerprint density at radius 2 is 2.30 bits per heavy atom. The molecule has 2 atom stereocenters. The monoisotopic (exact) mass is 280 g/mol. The number of oxazole rings is 1. The Hall–Kier alpha value is -1.36. The van der Waals surface area contributed by atoms with Crippen LogP contribution in [0, 0.1) is 5.41 Å². The van der Waals surface area contributed by atoms with Crippen LogP contribution < -0.4 is 5.32 Å². The molecule has 1 heterocycles. The van der Waals surface area contributed by atoms with E-state index in [1.165, 1.54) is 6.39 Å². The zero-order valence-corrected chi connectivity index (χ0v) is 12.9. The molecular weight excluding hydrogens is 256 g/mol. The number of rotatable bonds is 5. The second-order valence-electron chi connectivity index (χ2n) is 6.25. The minimum Gasteiger partial charge on any atom is -0.447 e. The minimum atomic E-state index is -0.157. The number of amides is 1. The largest absolute Gasteiger partial charge is 0.447 e. The molecule has 1 N–H and O–H groups in total. The lowest BCUT2D eigenvalue weighted by Gasteiger charge is -2.51. The Balaban J connectivity index is 2.01. The lowest BCUT2D eigenvalue weighted by Crippen LogP contribution is -2.62. The fourth-order valence-corrected chi connectivity index (χ4v) is 2.68. The van der Waals surface area contributed by atoms with E-state index in [0.717, 1.165) is 6.42 Å². The first-order valence-electron chi connectivity index (χ1n) is 7.23. The average molecular weight is 280 g/mol. The summed E-state index contributed by atoms with van der Waals surface area (Å²) in [6.45, 7) is 10.9. The molecule has 1 aromatic rings. The number of hydrogen-bond donors (Lipinski definition) is 1. The van der Waals surface area contributed by atoms with Crippen molar-refractivity contribution >= 4 is 5.91 Å². The number of carbonyl (C=O) groups excluding carboxylic acids is 1. The van der Waals surface area contributed by atoms with E-state index in [1.807, 2.05) is 20.8 Å². The highest BCUT2D eigenvalue weighted by Gasteiger charge is 2.49. The summed E-state index contributed by atoms with van der Waals surface area (Å²) in [5, 5.41) is 3.05. The second kappa shape index (κ2) is 5.56. The molecule has 5 nitrogen and oxygen atoms in total. The third-order valence-corrected chi connectivity index (χ3v) is 4.19. The SMILES string of the molecule is CCO[C@@H]1C[C@@H](NC(=O)c2ncoc2C(C)C)C1(C)C. The predicted octanol–water partition coefficient (Wildman–Crippen LogP) is 2.73. The summed E-state index contributed by atoms with van der Waals surface area (Å²) in [6.07, 6.45) is 2.39. The van der Waals surface area contributed by atoms with Crippen LogP contribution >= 0.6 is 0 Å². The van der Waals surface area contributed by atoms with Gasteiger partial charge in [0.2, 0.25) is 0 Å². The Kier molecular flexibility index (Phi) is 4.18. The highest BCUT2D eigenvalue weighted by Crippen LogP contribution is 2.42. The third kappa shape index (κ3) is 2.59. The molecule has 0 spiro atoms. The summed E-state index contributed by atoms with van der Waals surface area (Å²) < 4.78 is 11.0. The van der Waals surface area contributed by atoms with Crippen LogP contribution in [0.1, 0.15) is 63.2 Å². The maximum absolute atomic E-state index is 12.3. The fourth-order valence-electron chi connectivity index (χ4n) is 2.68. The van der Waals surface area contributed by atoms with E-state index in [4.69, 9.17) is 9.15 Å². The van der Waals surface area contributed by atoms with E-state index in [0.29, 0.717) is 18.1 Å². The number of carbonyl (C=O) groups is 1. The lowest BCUT2D eigenvalue weighted by molar-refractivity contribution is -0.111. The third-order valence-electron chi connectivity index (χ3n) is 4.19. The Bertz CT molecular complexity index is 479. The van der Waals surface area contributed by atoms with Gasteiger partial charge in [-0.2, -0.15) is 0 Å². The molecule has 5 heteroatoms. The number of hydrogen-bond acceptors (Lipinski definition) is 4. The maximum atomic E-state index is 12.3. The van der Waals surface area contributed by atoms with E-state index in [1.54, 1.807) is 0 Å². The summed E-state index contributed by atoms with van der Waals surface area (Å²) in [4.78, 5) is 16.4. The molecule has 0 saturated heterocycles. The van der Waals surface area contributed by atoms with Crippen molar-refractivity contribution in [2.24, 2.45) is 5.41 Å². The molecule has 0 aromatic carbocycles. The van der Waals surface area contributed by atoms with Crippen molar-refractivity contribution < 1.29 is 13.9 Å². The van der Waals surface area contributed by atoms with Crippen LogP contribution in [0.15, 0.2) is 10.8 Å². The van der Waals surface area contributed by atoms with Crippen molar-refractivity contribution in [2.75, 3.05) is 6.61 Å². The number of nitrogens with one attached hydrogen (secondary N) is 1. The van der Waals surface area contributed by atoms with Gasteiger partial charge in [0.1, 0.15) is 5.76 Å². The molecule has 1 fully saturated rings. The Morgan fingerprint density at radius 3 is 2.85 bits per heavy atom. The predicted molar refractivity (Wildman–Crippen MR) is 75.7 cm³/mol. The van der Waals surface area contributed by atoms with E-state index >= 15 is 0 Å². The van der Waals surface area contributed by atoms with Crippen molar-refractivity contribution in [1.82, 2.24) is 10.3 Å². The van der Waals surface area contributed by atoms with Crippen LogP contribution in [0.3, 0.4) is 0 Å². The first-order valence-corrected chi connectivity index (χ1v) is 7.23. The minimum absolute atomic E-state index is 0.0482. The van der Waals surface area contributed by atoms with Gasteiger partial charge >= 0.3 is 0 Å². The van der Waals surface area contributed by atoms with Crippen LogP contribution in [0.4, 0.5) is 0 Å². The molecule has 1 amide bonds. The van der Waals surface area contributed by atoms with Gasteiger partial charge in [-0.15, -0.1) is 0 Å². The molecule has 0 unspecified atom stereocenters. The average Bonchev–Trinajstić information content (AvgIpc) is 2.86. The molecule has 1 aliphatic carbocycles. The van der Waals surface area contributed by atoms with Crippen molar-refractivity contribution in [1.29, 1.82) is 0 Å². The van der Waals surface area contributed by atoms with Crippen LogP contribution in [0.2, 0.25) is 0 Å². The lowest BCUT2D eigenvalue weighted by atomic mass is 9.64. The Morgan fingerprint density at radius 1 is 1.60 bits per heavy atom. The zero-order chi connectivity index (χ0) is 14.9. The van der Waals surface area contributed by atoms with Gasteiger partial charge in [0.05, 0.1) is 6.10 Å². The first kappa shape index (κ1) is 15.0. The van der Waals surface area contributed by atoms with Gasteiger partial charge in [-0.05, 0) is 13.3 Å². The smallest absolute Gasteiger partial charge is 0.273 e. The molecule has 1 aliphatic rings. The van der Waals surface area contributed by atoms with Crippen LogP contribution in [-0.4, -0.2) is 29.6 Å². The van der Waals surface area contributed by atoms with Gasteiger partial charge in [0, 0.05) is 24.0 Å². The standard InChI is InChI=1S/C15H24N2O3/c1-6-19-11-7-10(15(11,4)5)17-14(18)12-13(9(2)3)20-8-16-12/h8-11H,6-7H2,1-5H3,(H,17,18)/t10-,11-/m1/s1. The molecule has 112 valence electrons. The summed E-state index contributed by atoms with van der Waals surface area (Å²) in [7, 11) is 0. The zero-order valence-electron chi connectivity index (χ0n) is 12.9. The summed E-state index contributed by atoms with van der Waals surface area (Å²) >= 11 is 0. The van der Waals surface area contributed by atoms with Gasteiger partial charge in [0.25, 0.3) is 5.91 Å². The van der Waals surface area contributed by atoms with E-state index < -0.39 is 0 Å². The number of nitrogens with zero attached hydrogens (tertiary/aromatic N) is 1. The fraction of sp³-hybridized carbons (Fsp3) is 0.733. The van der Waals surface area contributed by atoms with E-state index in [9.17, 15) is 4.79 Å². The van der Waals surface area contributed by atoms with E-state index in [2.05, 4.69) is 24.1 Å². The molecule has 2 rings (SSSR count). The molecular formula is C15H24N2O3. The van der Waals surface area contributed by atoms with Crippen molar-refractivity contribution in [2.45, 2.75) is 59.1 Å². The van der Waals surface area contributed by atoms with Gasteiger partial charge in [-0.25, -0.2) is 4.98 Å². The first-order chi connectivity index (χ1) is 9.37. The van der Waals surface area contributed by atoms with Gasteiger partial charge < -0.3 is 14.5 Å². The molecule has 0 aliphatic heterocycles. The topological polar surface area (TPSA) is 64.4 Å². The molecule has 1 saturated carbocycles. The van der Waals surface area contributed by atoms with Crippen LogP contribution in [0.25, 0.3) is 0 Å².